The summed E-state index contributed by atoms with van der Waals surface area (Å²) in [6, 6.07) is 0.191. The summed E-state index contributed by atoms with van der Waals surface area (Å²) in [5.41, 5.74) is 19.4. The molecule has 0 aliphatic carbocycles. The average molecular weight is 361 g/mol. The molecule has 0 bridgehead atoms. The predicted octanol–water partition coefficient (Wildman–Crippen LogP) is -0.348. The SMILES string of the molecule is C=C(C)CNc1nc(N2CCC[C@@H](N)C2)nc(N2C[C@H](N)C[C@H](N)C2)n1. The van der Waals surface area contributed by atoms with E-state index in [0.717, 1.165) is 37.9 Å². The zero-order chi connectivity index (χ0) is 18.7. The third kappa shape index (κ3) is 4.80. The first-order valence-corrected chi connectivity index (χ1v) is 9.31. The maximum absolute atomic E-state index is 6.14. The molecular formula is C17H31N9. The standard InChI is InChI=1S/C17H31N9/c1-11(2)7-21-15-22-16(25-5-3-4-12(18)8-25)24-17(23-15)26-9-13(19)6-14(20)10-26/h12-14H,1,3-10,18-20H2,2H3,(H,21,22,23,24)/t12-,13-,14+/m1/s1. The van der Waals surface area contributed by atoms with E-state index in [9.17, 15) is 0 Å². The van der Waals surface area contributed by atoms with Crippen molar-refractivity contribution in [2.45, 2.75) is 44.3 Å². The minimum absolute atomic E-state index is 0.0224. The lowest BCUT2D eigenvalue weighted by Gasteiger charge is -2.35. The summed E-state index contributed by atoms with van der Waals surface area (Å²) in [6.45, 7) is 9.53. The highest BCUT2D eigenvalue weighted by molar-refractivity contribution is 5.46. The summed E-state index contributed by atoms with van der Waals surface area (Å²) in [4.78, 5) is 18.1. The molecule has 0 radical (unpaired) electrons. The van der Waals surface area contributed by atoms with Gasteiger partial charge in [-0.3, -0.25) is 0 Å². The summed E-state index contributed by atoms with van der Waals surface area (Å²) >= 11 is 0. The van der Waals surface area contributed by atoms with Crippen LogP contribution in [0.5, 0.6) is 0 Å². The van der Waals surface area contributed by atoms with Crippen LogP contribution in [-0.2, 0) is 0 Å². The van der Waals surface area contributed by atoms with Crippen LogP contribution >= 0.6 is 0 Å². The monoisotopic (exact) mass is 361 g/mol. The highest BCUT2D eigenvalue weighted by atomic mass is 15.4. The highest BCUT2D eigenvalue weighted by Gasteiger charge is 2.27. The number of hydrogen-bond donors (Lipinski definition) is 4. The molecule has 26 heavy (non-hydrogen) atoms. The van der Waals surface area contributed by atoms with Crippen molar-refractivity contribution in [3.05, 3.63) is 12.2 Å². The Kier molecular flexibility index (Phi) is 5.90. The second-order valence-electron chi connectivity index (χ2n) is 7.58. The van der Waals surface area contributed by atoms with Crippen LogP contribution in [-0.4, -0.2) is 65.8 Å². The van der Waals surface area contributed by atoms with E-state index >= 15 is 0 Å². The molecule has 3 rings (SSSR count). The van der Waals surface area contributed by atoms with Gasteiger partial charge in [0.15, 0.2) is 0 Å². The van der Waals surface area contributed by atoms with Crippen LogP contribution in [0.15, 0.2) is 12.2 Å². The van der Waals surface area contributed by atoms with E-state index in [-0.39, 0.29) is 18.1 Å². The molecule has 144 valence electrons. The molecule has 2 fully saturated rings. The lowest BCUT2D eigenvalue weighted by atomic mass is 10.0. The molecule has 7 N–H and O–H groups in total. The van der Waals surface area contributed by atoms with Crippen LogP contribution in [0, 0.1) is 0 Å². The quantitative estimate of drug-likeness (QED) is 0.519. The van der Waals surface area contributed by atoms with Gasteiger partial charge >= 0.3 is 0 Å². The number of nitrogens with one attached hydrogen (secondary N) is 1. The van der Waals surface area contributed by atoms with Crippen LogP contribution in [0.4, 0.5) is 17.8 Å². The molecule has 3 heterocycles. The van der Waals surface area contributed by atoms with Gasteiger partial charge in [-0.2, -0.15) is 15.0 Å². The van der Waals surface area contributed by atoms with Crippen LogP contribution in [0.1, 0.15) is 26.2 Å². The molecule has 2 saturated heterocycles. The molecule has 1 aromatic heterocycles. The molecule has 0 spiro atoms. The number of anilines is 3. The van der Waals surface area contributed by atoms with Crippen LogP contribution in [0.2, 0.25) is 0 Å². The Morgan fingerprint density at radius 2 is 1.65 bits per heavy atom. The largest absolute Gasteiger partial charge is 0.350 e. The van der Waals surface area contributed by atoms with Gasteiger partial charge in [0.25, 0.3) is 0 Å². The number of nitrogens with two attached hydrogens (primary N) is 3. The van der Waals surface area contributed by atoms with Crippen molar-refractivity contribution < 1.29 is 0 Å². The van der Waals surface area contributed by atoms with E-state index in [1.165, 1.54) is 0 Å². The number of nitrogens with zero attached hydrogens (tertiary/aromatic N) is 5. The van der Waals surface area contributed by atoms with Gasteiger partial charge in [-0.05, 0) is 26.2 Å². The van der Waals surface area contributed by atoms with Crippen molar-refractivity contribution in [1.29, 1.82) is 0 Å². The minimum atomic E-state index is 0.0224. The van der Waals surface area contributed by atoms with Gasteiger partial charge in [-0.1, -0.05) is 12.2 Å². The molecule has 2 aliphatic rings. The number of rotatable bonds is 5. The van der Waals surface area contributed by atoms with E-state index in [1.807, 2.05) is 6.92 Å². The third-order valence-electron chi connectivity index (χ3n) is 4.70. The molecule has 0 amide bonds. The Morgan fingerprint density at radius 1 is 1.04 bits per heavy atom. The predicted molar refractivity (Wildman–Crippen MR) is 105 cm³/mol. The van der Waals surface area contributed by atoms with Crippen LogP contribution in [0.3, 0.4) is 0 Å². The Hall–Kier alpha value is -1.97. The van der Waals surface area contributed by atoms with E-state index in [1.54, 1.807) is 0 Å². The van der Waals surface area contributed by atoms with Gasteiger partial charge in [-0.15, -0.1) is 0 Å². The lowest BCUT2D eigenvalue weighted by molar-refractivity contribution is 0.446. The number of hydrogen-bond acceptors (Lipinski definition) is 9. The second kappa shape index (κ2) is 8.15. The normalized spacial score (nSPS) is 26.7. The maximum atomic E-state index is 6.14. The van der Waals surface area contributed by atoms with Gasteiger partial charge in [0, 0.05) is 50.8 Å². The molecule has 0 saturated carbocycles. The van der Waals surface area contributed by atoms with E-state index in [4.69, 9.17) is 22.2 Å². The molecule has 0 aromatic carbocycles. The minimum Gasteiger partial charge on any atom is -0.350 e. The van der Waals surface area contributed by atoms with Crippen LogP contribution < -0.4 is 32.3 Å². The Balaban J connectivity index is 1.87. The number of aromatic nitrogens is 3. The second-order valence-corrected chi connectivity index (χ2v) is 7.58. The summed E-state index contributed by atoms with van der Waals surface area (Å²) in [5.74, 6) is 1.81. The van der Waals surface area contributed by atoms with Gasteiger partial charge in [0.2, 0.25) is 17.8 Å². The molecular weight excluding hydrogens is 330 g/mol. The van der Waals surface area contributed by atoms with Crippen molar-refractivity contribution in [3.8, 4) is 0 Å². The maximum Gasteiger partial charge on any atom is 0.232 e. The van der Waals surface area contributed by atoms with Gasteiger partial charge in [-0.25, -0.2) is 0 Å². The molecule has 1 aromatic rings. The van der Waals surface area contributed by atoms with Crippen molar-refractivity contribution in [3.63, 3.8) is 0 Å². The van der Waals surface area contributed by atoms with Crippen molar-refractivity contribution in [2.24, 2.45) is 17.2 Å². The zero-order valence-corrected chi connectivity index (χ0v) is 15.6. The van der Waals surface area contributed by atoms with E-state index in [0.29, 0.717) is 37.5 Å². The topological polar surface area (TPSA) is 135 Å². The van der Waals surface area contributed by atoms with Crippen molar-refractivity contribution in [1.82, 2.24) is 15.0 Å². The van der Waals surface area contributed by atoms with E-state index in [2.05, 4.69) is 31.7 Å². The Bertz CT molecular complexity index is 625. The summed E-state index contributed by atoms with van der Waals surface area (Å²) in [7, 11) is 0. The average Bonchev–Trinajstić information content (AvgIpc) is 2.59. The number of piperidine rings is 2. The third-order valence-corrected chi connectivity index (χ3v) is 4.70. The van der Waals surface area contributed by atoms with Crippen molar-refractivity contribution >= 4 is 17.8 Å². The molecule has 0 unspecified atom stereocenters. The molecule has 3 atom stereocenters. The Morgan fingerprint density at radius 3 is 2.27 bits per heavy atom. The molecule has 9 nitrogen and oxygen atoms in total. The first kappa shape index (κ1) is 18.8. The first-order valence-electron chi connectivity index (χ1n) is 9.31. The fourth-order valence-electron chi connectivity index (χ4n) is 3.48. The van der Waals surface area contributed by atoms with Gasteiger partial charge < -0.3 is 32.3 Å². The first-order chi connectivity index (χ1) is 12.4. The van der Waals surface area contributed by atoms with Gasteiger partial charge in [0.1, 0.15) is 0 Å². The fraction of sp³-hybridized carbons (Fsp3) is 0.706. The summed E-state index contributed by atoms with van der Waals surface area (Å²) < 4.78 is 0. The van der Waals surface area contributed by atoms with Crippen LogP contribution in [0.25, 0.3) is 0 Å². The smallest absolute Gasteiger partial charge is 0.232 e. The fourth-order valence-corrected chi connectivity index (χ4v) is 3.48. The zero-order valence-electron chi connectivity index (χ0n) is 15.6. The summed E-state index contributed by atoms with van der Waals surface area (Å²) in [6.07, 6.45) is 2.89. The summed E-state index contributed by atoms with van der Waals surface area (Å²) in [5, 5.41) is 3.23. The van der Waals surface area contributed by atoms with Crippen molar-refractivity contribution in [2.75, 3.05) is 47.8 Å². The highest BCUT2D eigenvalue weighted by Crippen LogP contribution is 2.22. The molecule has 9 heteroatoms. The molecule has 2 aliphatic heterocycles. The van der Waals surface area contributed by atoms with Gasteiger partial charge in [0.05, 0.1) is 0 Å². The Labute approximate surface area is 155 Å². The lowest BCUT2D eigenvalue weighted by Crippen LogP contribution is -2.53. The van der Waals surface area contributed by atoms with E-state index < -0.39 is 0 Å².